The molecule has 1 heterocycles. The highest BCUT2D eigenvalue weighted by atomic mass is 32.1. The van der Waals surface area contributed by atoms with Crippen LogP contribution in [0.15, 0.2) is 11.4 Å². The minimum atomic E-state index is -0.749. The molecule has 1 aliphatic rings. The first kappa shape index (κ1) is 10.6. The Morgan fingerprint density at radius 2 is 2.40 bits per heavy atom. The van der Waals surface area contributed by atoms with E-state index in [0.29, 0.717) is 18.8 Å². The van der Waals surface area contributed by atoms with Gasteiger partial charge in [-0.25, -0.2) is 0 Å². The molecular formula is C11H14O3S. The second kappa shape index (κ2) is 4.33. The molecule has 1 aromatic heterocycles. The lowest BCUT2D eigenvalue weighted by atomic mass is 9.84. The second-order valence-electron chi connectivity index (χ2n) is 4.05. The van der Waals surface area contributed by atoms with Crippen molar-refractivity contribution in [2.24, 2.45) is 5.92 Å². The fourth-order valence-electron chi connectivity index (χ4n) is 2.15. The number of carboxylic acid groups (broad SMARTS) is 1. The topological polar surface area (TPSA) is 57.5 Å². The summed E-state index contributed by atoms with van der Waals surface area (Å²) < 4.78 is 0. The van der Waals surface area contributed by atoms with Gasteiger partial charge in [-0.2, -0.15) is 0 Å². The molecule has 15 heavy (non-hydrogen) atoms. The quantitative estimate of drug-likeness (QED) is 0.830. The number of aliphatic hydroxyl groups is 1. The van der Waals surface area contributed by atoms with Crippen molar-refractivity contribution >= 4 is 17.3 Å². The zero-order valence-corrected chi connectivity index (χ0v) is 9.17. The first-order chi connectivity index (χ1) is 7.16. The maximum atomic E-state index is 10.5. The van der Waals surface area contributed by atoms with Crippen LogP contribution in [0.3, 0.4) is 0 Å². The maximum Gasteiger partial charge on any atom is 0.303 e. The highest BCUT2D eigenvalue weighted by Crippen LogP contribution is 2.37. The normalized spacial score (nSPS) is 24.9. The SMILES string of the molecule is O=C(O)CCC1Cc2sccc2C(O)C1. The molecule has 0 saturated heterocycles. The van der Waals surface area contributed by atoms with E-state index in [2.05, 4.69) is 0 Å². The number of hydrogen-bond donors (Lipinski definition) is 2. The summed E-state index contributed by atoms with van der Waals surface area (Å²) in [7, 11) is 0. The lowest BCUT2D eigenvalue weighted by Gasteiger charge is -2.25. The first-order valence-electron chi connectivity index (χ1n) is 5.13. The van der Waals surface area contributed by atoms with Gasteiger partial charge in [0.25, 0.3) is 0 Å². The van der Waals surface area contributed by atoms with Gasteiger partial charge >= 0.3 is 5.97 Å². The molecule has 1 aromatic rings. The van der Waals surface area contributed by atoms with E-state index >= 15 is 0 Å². The van der Waals surface area contributed by atoms with Crippen LogP contribution in [0.4, 0.5) is 0 Å². The lowest BCUT2D eigenvalue weighted by molar-refractivity contribution is -0.137. The van der Waals surface area contributed by atoms with Crippen LogP contribution in [0.25, 0.3) is 0 Å². The van der Waals surface area contributed by atoms with E-state index in [-0.39, 0.29) is 6.42 Å². The van der Waals surface area contributed by atoms with Crippen LogP contribution in [0.5, 0.6) is 0 Å². The van der Waals surface area contributed by atoms with Gasteiger partial charge in [0.2, 0.25) is 0 Å². The van der Waals surface area contributed by atoms with Gasteiger partial charge < -0.3 is 10.2 Å². The number of rotatable bonds is 3. The number of hydrogen-bond acceptors (Lipinski definition) is 3. The Hall–Kier alpha value is -0.870. The highest BCUT2D eigenvalue weighted by molar-refractivity contribution is 7.10. The predicted octanol–water partition coefficient (Wildman–Crippen LogP) is 2.21. The van der Waals surface area contributed by atoms with Crippen LogP contribution >= 0.6 is 11.3 Å². The monoisotopic (exact) mass is 226 g/mol. The number of aliphatic carboxylic acids is 1. The van der Waals surface area contributed by atoms with E-state index in [1.54, 1.807) is 11.3 Å². The molecule has 1 aliphatic carbocycles. The van der Waals surface area contributed by atoms with Crippen molar-refractivity contribution in [3.05, 3.63) is 21.9 Å². The van der Waals surface area contributed by atoms with E-state index in [4.69, 9.17) is 5.11 Å². The van der Waals surface area contributed by atoms with Gasteiger partial charge in [-0.3, -0.25) is 4.79 Å². The standard InChI is InChI=1S/C11H14O3S/c12-9-5-7(1-2-11(13)14)6-10-8(9)3-4-15-10/h3-4,7,9,12H,1-2,5-6H2,(H,13,14). The molecule has 2 N–H and O–H groups in total. The van der Waals surface area contributed by atoms with Crippen molar-refractivity contribution in [2.45, 2.75) is 31.8 Å². The molecule has 4 heteroatoms. The Kier molecular flexibility index (Phi) is 3.07. The second-order valence-corrected chi connectivity index (χ2v) is 5.05. The zero-order chi connectivity index (χ0) is 10.8. The molecule has 0 bridgehead atoms. The summed E-state index contributed by atoms with van der Waals surface area (Å²) in [5, 5.41) is 20.4. The molecule has 2 unspecified atom stereocenters. The smallest absolute Gasteiger partial charge is 0.303 e. The summed E-state index contributed by atoms with van der Waals surface area (Å²) in [6.07, 6.45) is 2.12. The molecule has 3 nitrogen and oxygen atoms in total. The largest absolute Gasteiger partial charge is 0.481 e. The molecule has 82 valence electrons. The van der Waals surface area contributed by atoms with Crippen LogP contribution in [0, 0.1) is 5.92 Å². The van der Waals surface area contributed by atoms with Crippen molar-refractivity contribution in [3.8, 4) is 0 Å². The van der Waals surface area contributed by atoms with Gasteiger partial charge in [-0.05, 0) is 42.2 Å². The van der Waals surface area contributed by atoms with E-state index in [0.717, 1.165) is 12.0 Å². The zero-order valence-electron chi connectivity index (χ0n) is 8.35. The predicted molar refractivity (Wildman–Crippen MR) is 58.0 cm³/mol. The van der Waals surface area contributed by atoms with Crippen LogP contribution in [0.1, 0.15) is 35.8 Å². The summed E-state index contributed by atoms with van der Waals surface area (Å²) in [6, 6.07) is 1.97. The molecule has 2 rings (SSSR count). The summed E-state index contributed by atoms with van der Waals surface area (Å²) in [4.78, 5) is 11.7. The lowest BCUT2D eigenvalue weighted by Crippen LogP contribution is -2.17. The molecule has 0 spiro atoms. The van der Waals surface area contributed by atoms with Crippen LogP contribution in [-0.2, 0) is 11.2 Å². The minimum Gasteiger partial charge on any atom is -0.481 e. The number of carbonyl (C=O) groups is 1. The fourth-order valence-corrected chi connectivity index (χ4v) is 3.20. The highest BCUT2D eigenvalue weighted by Gasteiger charge is 2.26. The van der Waals surface area contributed by atoms with Gasteiger partial charge in [0.05, 0.1) is 6.10 Å². The van der Waals surface area contributed by atoms with Gasteiger partial charge in [0.15, 0.2) is 0 Å². The maximum absolute atomic E-state index is 10.5. The first-order valence-corrected chi connectivity index (χ1v) is 6.01. The Morgan fingerprint density at radius 3 is 3.13 bits per heavy atom. The molecule has 0 fully saturated rings. The summed E-state index contributed by atoms with van der Waals surface area (Å²) >= 11 is 1.66. The number of carboxylic acids is 1. The third kappa shape index (κ3) is 2.38. The van der Waals surface area contributed by atoms with Gasteiger partial charge in [0, 0.05) is 11.3 Å². The number of fused-ring (bicyclic) bond motifs is 1. The van der Waals surface area contributed by atoms with Crippen molar-refractivity contribution in [1.82, 2.24) is 0 Å². The molecule has 2 atom stereocenters. The van der Waals surface area contributed by atoms with Crippen molar-refractivity contribution < 1.29 is 15.0 Å². The van der Waals surface area contributed by atoms with Crippen molar-refractivity contribution in [3.63, 3.8) is 0 Å². The third-order valence-corrected chi connectivity index (χ3v) is 3.90. The van der Waals surface area contributed by atoms with E-state index in [1.165, 1.54) is 4.88 Å². The molecule has 0 aliphatic heterocycles. The fraction of sp³-hybridized carbons (Fsp3) is 0.545. The van der Waals surface area contributed by atoms with Gasteiger partial charge in [0.1, 0.15) is 0 Å². The summed E-state index contributed by atoms with van der Waals surface area (Å²) in [5.41, 5.74) is 1.05. The number of thiophene rings is 1. The minimum absolute atomic E-state index is 0.206. The molecule has 0 saturated carbocycles. The average Bonchev–Trinajstić information content (AvgIpc) is 2.63. The summed E-state index contributed by atoms with van der Waals surface area (Å²) in [6.45, 7) is 0. The Morgan fingerprint density at radius 1 is 1.60 bits per heavy atom. The van der Waals surface area contributed by atoms with Crippen LogP contribution < -0.4 is 0 Å². The van der Waals surface area contributed by atoms with E-state index < -0.39 is 12.1 Å². The van der Waals surface area contributed by atoms with Crippen LogP contribution in [-0.4, -0.2) is 16.2 Å². The molecule has 0 radical (unpaired) electrons. The van der Waals surface area contributed by atoms with E-state index in [1.807, 2.05) is 11.4 Å². The Labute approximate surface area is 92.4 Å². The number of aliphatic hydroxyl groups excluding tert-OH is 1. The van der Waals surface area contributed by atoms with Crippen molar-refractivity contribution in [1.29, 1.82) is 0 Å². The van der Waals surface area contributed by atoms with Gasteiger partial charge in [-0.1, -0.05) is 0 Å². The van der Waals surface area contributed by atoms with Crippen LogP contribution in [0.2, 0.25) is 0 Å². The molecule has 0 aromatic carbocycles. The Balaban J connectivity index is 2.00. The third-order valence-electron chi connectivity index (χ3n) is 2.94. The summed E-state index contributed by atoms with van der Waals surface area (Å²) in [5.74, 6) is -0.427. The molecular weight excluding hydrogens is 212 g/mol. The van der Waals surface area contributed by atoms with Crippen molar-refractivity contribution in [2.75, 3.05) is 0 Å². The van der Waals surface area contributed by atoms with Gasteiger partial charge in [-0.15, -0.1) is 11.3 Å². The van der Waals surface area contributed by atoms with E-state index in [9.17, 15) is 9.90 Å². The average molecular weight is 226 g/mol. The molecule has 0 amide bonds. The Bertz CT molecular complexity index is 358.